The number of carbonyl (C=O) groups excluding carboxylic acids is 2. The fourth-order valence-electron chi connectivity index (χ4n) is 2.51. The van der Waals surface area contributed by atoms with Crippen molar-refractivity contribution in [3.05, 3.63) is 58.3 Å². The van der Waals surface area contributed by atoms with Gasteiger partial charge in [-0.15, -0.1) is 0 Å². The number of methoxy groups -OCH3 is 1. The fraction of sp³-hybridized carbons (Fsp3) is 0.111. The van der Waals surface area contributed by atoms with Crippen LogP contribution < -0.4 is 5.32 Å². The van der Waals surface area contributed by atoms with Crippen molar-refractivity contribution in [2.45, 2.75) is 6.92 Å². The second-order valence-corrected chi connectivity index (χ2v) is 5.78. The van der Waals surface area contributed by atoms with E-state index in [4.69, 9.17) is 16.0 Å². The van der Waals surface area contributed by atoms with Crippen LogP contribution >= 0.6 is 11.6 Å². The Labute approximate surface area is 148 Å². The van der Waals surface area contributed by atoms with Crippen LogP contribution in [0, 0.1) is 6.92 Å². The van der Waals surface area contributed by atoms with Crippen molar-refractivity contribution in [2.75, 3.05) is 12.4 Å². The highest BCUT2D eigenvalue weighted by Gasteiger charge is 2.21. The first-order valence-electron chi connectivity index (χ1n) is 7.32. The minimum Gasteiger partial charge on any atom is -0.505 e. The average Bonchev–Trinajstić information content (AvgIpc) is 2.92. The molecule has 0 aliphatic rings. The van der Waals surface area contributed by atoms with E-state index in [1.807, 2.05) is 0 Å². The number of nitrogens with one attached hydrogen (secondary N) is 1. The summed E-state index contributed by atoms with van der Waals surface area (Å²) in [5.74, 6) is -1.54. The predicted octanol–water partition coefficient (Wildman–Crippen LogP) is 4.14. The Morgan fingerprint density at radius 1 is 1.24 bits per heavy atom. The quantitative estimate of drug-likeness (QED) is 0.542. The maximum absolute atomic E-state index is 12.5. The van der Waals surface area contributed by atoms with Crippen LogP contribution in [0.4, 0.5) is 5.69 Å². The van der Waals surface area contributed by atoms with E-state index in [-0.39, 0.29) is 22.8 Å². The van der Waals surface area contributed by atoms with Crippen LogP contribution in [0.5, 0.6) is 5.75 Å². The minimum atomic E-state index is -0.705. The number of carbonyl (C=O) groups is 2. The van der Waals surface area contributed by atoms with E-state index in [0.717, 1.165) is 5.39 Å². The monoisotopic (exact) mass is 359 g/mol. The number of fused-ring (bicyclic) bond motifs is 1. The third kappa shape index (κ3) is 3.04. The largest absolute Gasteiger partial charge is 0.505 e. The summed E-state index contributed by atoms with van der Waals surface area (Å²) in [6.45, 7) is 1.74. The number of furan rings is 1. The van der Waals surface area contributed by atoms with Gasteiger partial charge >= 0.3 is 5.97 Å². The lowest BCUT2D eigenvalue weighted by atomic mass is 10.1. The van der Waals surface area contributed by atoms with E-state index in [1.54, 1.807) is 25.1 Å². The maximum atomic E-state index is 12.5. The first-order chi connectivity index (χ1) is 11.9. The molecule has 128 valence electrons. The number of rotatable bonds is 3. The smallest absolute Gasteiger partial charge is 0.341 e. The number of amides is 1. The standard InChI is InChI=1S/C18H14ClNO5/c1-9-12-8-10(19)6-7-14(12)25-16(9)17(22)20-13-5-3-4-11(15(13)21)18(23)24-2/h3-8,21H,1-2H3,(H,20,22). The Morgan fingerprint density at radius 2 is 2.00 bits per heavy atom. The summed E-state index contributed by atoms with van der Waals surface area (Å²) < 4.78 is 10.2. The number of hydrogen-bond acceptors (Lipinski definition) is 5. The molecule has 0 saturated carbocycles. The molecule has 0 aliphatic carbocycles. The number of aromatic hydroxyl groups is 1. The predicted molar refractivity (Wildman–Crippen MR) is 93.4 cm³/mol. The van der Waals surface area contributed by atoms with Gasteiger partial charge in [0.2, 0.25) is 0 Å². The molecule has 3 aromatic rings. The zero-order chi connectivity index (χ0) is 18.1. The van der Waals surface area contributed by atoms with Crippen LogP contribution in [0.1, 0.15) is 26.5 Å². The van der Waals surface area contributed by atoms with E-state index in [2.05, 4.69) is 10.1 Å². The van der Waals surface area contributed by atoms with E-state index >= 15 is 0 Å². The molecule has 2 N–H and O–H groups in total. The SMILES string of the molecule is COC(=O)c1cccc(NC(=O)c2oc3ccc(Cl)cc3c2C)c1O. The topological polar surface area (TPSA) is 88.8 Å². The van der Waals surface area contributed by atoms with Gasteiger partial charge in [-0.05, 0) is 37.3 Å². The molecule has 2 aromatic carbocycles. The molecule has 0 atom stereocenters. The molecule has 3 rings (SSSR count). The van der Waals surface area contributed by atoms with Crippen molar-refractivity contribution in [3.63, 3.8) is 0 Å². The minimum absolute atomic E-state index is 0.0478. The highest BCUT2D eigenvalue weighted by Crippen LogP contribution is 2.31. The van der Waals surface area contributed by atoms with Crippen molar-refractivity contribution >= 4 is 40.1 Å². The lowest BCUT2D eigenvalue weighted by molar-refractivity contribution is 0.0597. The van der Waals surface area contributed by atoms with Crippen LogP contribution in [0.15, 0.2) is 40.8 Å². The van der Waals surface area contributed by atoms with Gasteiger partial charge in [0.1, 0.15) is 11.1 Å². The van der Waals surface area contributed by atoms with Crippen molar-refractivity contribution in [2.24, 2.45) is 0 Å². The molecule has 1 aromatic heterocycles. The molecule has 0 bridgehead atoms. The van der Waals surface area contributed by atoms with Gasteiger partial charge in [-0.3, -0.25) is 4.79 Å². The molecule has 0 unspecified atom stereocenters. The Kier molecular flexibility index (Phi) is 4.37. The molecular weight excluding hydrogens is 346 g/mol. The summed E-state index contributed by atoms with van der Waals surface area (Å²) in [4.78, 5) is 24.1. The van der Waals surface area contributed by atoms with Gasteiger partial charge < -0.3 is 19.6 Å². The summed E-state index contributed by atoms with van der Waals surface area (Å²) >= 11 is 5.97. The molecule has 25 heavy (non-hydrogen) atoms. The third-order valence-electron chi connectivity index (χ3n) is 3.79. The number of aryl methyl sites for hydroxylation is 1. The van der Waals surface area contributed by atoms with Gasteiger partial charge in [0.25, 0.3) is 5.91 Å². The van der Waals surface area contributed by atoms with Crippen LogP contribution in [0.25, 0.3) is 11.0 Å². The molecule has 0 saturated heterocycles. The fourth-order valence-corrected chi connectivity index (χ4v) is 2.68. The normalized spacial score (nSPS) is 10.7. The molecule has 1 amide bonds. The van der Waals surface area contributed by atoms with Gasteiger partial charge in [-0.2, -0.15) is 0 Å². The molecule has 0 aliphatic heterocycles. The average molecular weight is 360 g/mol. The van der Waals surface area contributed by atoms with Crippen molar-refractivity contribution in [1.29, 1.82) is 0 Å². The van der Waals surface area contributed by atoms with E-state index < -0.39 is 11.9 Å². The Morgan fingerprint density at radius 3 is 2.72 bits per heavy atom. The number of para-hydroxylation sites is 1. The summed E-state index contributed by atoms with van der Waals surface area (Å²) in [6.07, 6.45) is 0. The zero-order valence-corrected chi connectivity index (χ0v) is 14.2. The third-order valence-corrected chi connectivity index (χ3v) is 4.03. The summed E-state index contributed by atoms with van der Waals surface area (Å²) in [7, 11) is 1.20. The zero-order valence-electron chi connectivity index (χ0n) is 13.4. The number of esters is 1. The summed E-state index contributed by atoms with van der Waals surface area (Å²) in [5.41, 5.74) is 1.18. The second-order valence-electron chi connectivity index (χ2n) is 5.34. The summed E-state index contributed by atoms with van der Waals surface area (Å²) in [6, 6.07) is 9.44. The van der Waals surface area contributed by atoms with Gasteiger partial charge in [0.15, 0.2) is 11.5 Å². The second kappa shape index (κ2) is 6.49. The Hall–Kier alpha value is -2.99. The highest BCUT2D eigenvalue weighted by atomic mass is 35.5. The van der Waals surface area contributed by atoms with E-state index in [1.165, 1.54) is 25.3 Å². The molecule has 7 heteroatoms. The van der Waals surface area contributed by atoms with Gasteiger partial charge in [-0.25, -0.2) is 4.79 Å². The van der Waals surface area contributed by atoms with Crippen molar-refractivity contribution in [1.82, 2.24) is 0 Å². The van der Waals surface area contributed by atoms with E-state index in [0.29, 0.717) is 16.2 Å². The lowest BCUT2D eigenvalue weighted by Crippen LogP contribution is -2.13. The highest BCUT2D eigenvalue weighted by molar-refractivity contribution is 6.31. The molecule has 6 nitrogen and oxygen atoms in total. The Bertz CT molecular complexity index is 993. The number of phenols is 1. The first kappa shape index (κ1) is 16.9. The number of anilines is 1. The van der Waals surface area contributed by atoms with Gasteiger partial charge in [-0.1, -0.05) is 17.7 Å². The van der Waals surface area contributed by atoms with Crippen molar-refractivity contribution < 1.29 is 23.8 Å². The maximum Gasteiger partial charge on any atom is 0.341 e. The van der Waals surface area contributed by atoms with Crippen LogP contribution in [-0.2, 0) is 4.74 Å². The van der Waals surface area contributed by atoms with Gasteiger partial charge in [0, 0.05) is 16.0 Å². The Balaban J connectivity index is 1.96. The van der Waals surface area contributed by atoms with Crippen LogP contribution in [0.2, 0.25) is 5.02 Å². The molecule has 0 spiro atoms. The molecule has 1 heterocycles. The molecular formula is C18H14ClNO5. The number of benzene rings is 2. The van der Waals surface area contributed by atoms with E-state index in [9.17, 15) is 14.7 Å². The number of halogens is 1. The van der Waals surface area contributed by atoms with Crippen LogP contribution in [0.3, 0.4) is 0 Å². The molecule has 0 radical (unpaired) electrons. The lowest BCUT2D eigenvalue weighted by Gasteiger charge is -2.09. The van der Waals surface area contributed by atoms with Crippen molar-refractivity contribution in [3.8, 4) is 5.75 Å². The molecule has 0 fully saturated rings. The van der Waals surface area contributed by atoms with Gasteiger partial charge in [0.05, 0.1) is 12.8 Å². The summed E-state index contributed by atoms with van der Waals surface area (Å²) in [5, 5.41) is 14.0. The number of ether oxygens (including phenoxy) is 1. The number of phenolic OH excluding ortho intramolecular Hbond substituents is 1. The van der Waals surface area contributed by atoms with Crippen LogP contribution in [-0.4, -0.2) is 24.1 Å². The first-order valence-corrected chi connectivity index (χ1v) is 7.70. The number of hydrogen-bond donors (Lipinski definition) is 2.